The van der Waals surface area contributed by atoms with Crippen LogP contribution >= 0.6 is 23.2 Å². The standard InChI is InChI=1S/C8H15Cl2NO/c1-6(12)8(2,3)11-5-7(10)4-9/h4,6,11-12H,5H2,1-3H3. The Morgan fingerprint density at radius 3 is 2.50 bits per heavy atom. The Kier molecular flexibility index (Phi) is 5.18. The van der Waals surface area contributed by atoms with E-state index < -0.39 is 6.10 Å². The van der Waals surface area contributed by atoms with Crippen LogP contribution < -0.4 is 5.32 Å². The van der Waals surface area contributed by atoms with E-state index in [0.29, 0.717) is 11.6 Å². The first-order chi connectivity index (χ1) is 5.40. The smallest absolute Gasteiger partial charge is 0.0688 e. The minimum absolute atomic E-state index is 0.347. The third-order valence-corrected chi connectivity index (χ3v) is 2.49. The Balaban J connectivity index is 3.92. The Hall–Kier alpha value is 0.240. The molecule has 0 fully saturated rings. The Bertz CT molecular complexity index is 166. The summed E-state index contributed by atoms with van der Waals surface area (Å²) in [6.45, 7) is 6.00. The van der Waals surface area contributed by atoms with E-state index in [2.05, 4.69) is 5.32 Å². The van der Waals surface area contributed by atoms with Crippen molar-refractivity contribution in [3.8, 4) is 0 Å². The highest BCUT2D eigenvalue weighted by Crippen LogP contribution is 2.10. The van der Waals surface area contributed by atoms with Gasteiger partial charge in [-0.25, -0.2) is 0 Å². The Morgan fingerprint density at radius 2 is 2.17 bits per heavy atom. The second-order valence-electron chi connectivity index (χ2n) is 3.31. The predicted molar refractivity (Wildman–Crippen MR) is 53.6 cm³/mol. The van der Waals surface area contributed by atoms with Crippen molar-refractivity contribution in [1.29, 1.82) is 0 Å². The van der Waals surface area contributed by atoms with E-state index in [1.807, 2.05) is 13.8 Å². The first kappa shape index (κ1) is 12.2. The van der Waals surface area contributed by atoms with Gasteiger partial charge in [-0.15, -0.1) is 0 Å². The first-order valence-electron chi connectivity index (χ1n) is 3.78. The zero-order valence-electron chi connectivity index (χ0n) is 7.56. The van der Waals surface area contributed by atoms with Gasteiger partial charge >= 0.3 is 0 Å². The monoisotopic (exact) mass is 211 g/mol. The molecule has 0 saturated carbocycles. The molecule has 0 aromatic carbocycles. The van der Waals surface area contributed by atoms with E-state index in [1.54, 1.807) is 6.92 Å². The van der Waals surface area contributed by atoms with Crippen molar-refractivity contribution in [2.75, 3.05) is 6.54 Å². The van der Waals surface area contributed by atoms with Gasteiger partial charge in [0.05, 0.1) is 6.10 Å². The summed E-state index contributed by atoms with van der Waals surface area (Å²) in [6.07, 6.45) is -0.433. The molecule has 0 aliphatic carbocycles. The maximum atomic E-state index is 9.31. The maximum Gasteiger partial charge on any atom is 0.0688 e. The zero-order valence-corrected chi connectivity index (χ0v) is 9.08. The summed E-state index contributed by atoms with van der Waals surface area (Å²) < 4.78 is 0. The molecule has 0 radical (unpaired) electrons. The molecule has 4 heteroatoms. The summed E-state index contributed by atoms with van der Waals surface area (Å²) in [5.41, 5.74) is 0.965. The van der Waals surface area contributed by atoms with Crippen LogP contribution in [0.25, 0.3) is 0 Å². The molecule has 0 saturated heterocycles. The zero-order chi connectivity index (χ0) is 9.78. The minimum atomic E-state index is -0.433. The van der Waals surface area contributed by atoms with E-state index >= 15 is 0 Å². The largest absolute Gasteiger partial charge is 0.392 e. The number of halogens is 2. The molecule has 12 heavy (non-hydrogen) atoms. The molecule has 0 heterocycles. The van der Waals surface area contributed by atoms with E-state index in [4.69, 9.17) is 23.2 Å². The number of aliphatic hydroxyl groups excluding tert-OH is 1. The van der Waals surface area contributed by atoms with Crippen molar-refractivity contribution >= 4 is 23.2 Å². The van der Waals surface area contributed by atoms with Crippen LogP contribution in [-0.2, 0) is 0 Å². The molecular weight excluding hydrogens is 197 g/mol. The quantitative estimate of drug-likeness (QED) is 0.747. The fraction of sp³-hybridized carbons (Fsp3) is 0.750. The van der Waals surface area contributed by atoms with Gasteiger partial charge < -0.3 is 10.4 Å². The molecule has 0 aromatic rings. The van der Waals surface area contributed by atoms with Gasteiger partial charge in [-0.3, -0.25) is 0 Å². The number of nitrogens with one attached hydrogen (secondary N) is 1. The van der Waals surface area contributed by atoms with Crippen LogP contribution in [0.1, 0.15) is 20.8 Å². The fourth-order valence-electron chi connectivity index (χ4n) is 0.499. The average Bonchev–Trinajstić information content (AvgIpc) is 2.00. The van der Waals surface area contributed by atoms with Crippen molar-refractivity contribution in [3.63, 3.8) is 0 Å². The lowest BCUT2D eigenvalue weighted by atomic mass is 9.99. The van der Waals surface area contributed by atoms with Gasteiger partial charge in [-0.1, -0.05) is 23.2 Å². The molecule has 0 bridgehead atoms. The van der Waals surface area contributed by atoms with Crippen LogP contribution in [0.4, 0.5) is 0 Å². The molecule has 0 amide bonds. The van der Waals surface area contributed by atoms with Gasteiger partial charge in [0.15, 0.2) is 0 Å². The molecule has 2 nitrogen and oxygen atoms in total. The molecule has 1 unspecified atom stereocenters. The van der Waals surface area contributed by atoms with E-state index in [9.17, 15) is 5.11 Å². The lowest BCUT2D eigenvalue weighted by Gasteiger charge is -2.29. The summed E-state index contributed by atoms with van der Waals surface area (Å²) in [5.74, 6) is 0. The second kappa shape index (κ2) is 5.07. The summed E-state index contributed by atoms with van der Waals surface area (Å²) in [4.78, 5) is 0. The van der Waals surface area contributed by atoms with E-state index in [-0.39, 0.29) is 5.54 Å². The topological polar surface area (TPSA) is 32.3 Å². The molecule has 0 aliphatic heterocycles. The van der Waals surface area contributed by atoms with Gasteiger partial charge in [0.25, 0.3) is 0 Å². The van der Waals surface area contributed by atoms with Crippen LogP contribution in [-0.4, -0.2) is 23.3 Å². The Labute approximate surface area is 83.6 Å². The van der Waals surface area contributed by atoms with Gasteiger partial charge in [0.2, 0.25) is 0 Å². The number of hydrogen-bond donors (Lipinski definition) is 2. The molecule has 1 atom stereocenters. The maximum absolute atomic E-state index is 9.31. The fourth-order valence-corrected chi connectivity index (χ4v) is 0.642. The lowest BCUT2D eigenvalue weighted by Crippen LogP contribution is -2.48. The number of hydrogen-bond acceptors (Lipinski definition) is 2. The van der Waals surface area contributed by atoms with Crippen molar-refractivity contribution in [3.05, 3.63) is 10.6 Å². The molecule has 72 valence electrons. The first-order valence-corrected chi connectivity index (χ1v) is 4.59. The summed E-state index contributed by atoms with van der Waals surface area (Å²) in [7, 11) is 0. The number of aliphatic hydroxyl groups is 1. The molecule has 0 spiro atoms. The van der Waals surface area contributed by atoms with Crippen LogP contribution in [0.15, 0.2) is 10.6 Å². The predicted octanol–water partition coefficient (Wildman–Crippen LogP) is 2.05. The Morgan fingerprint density at radius 1 is 1.67 bits per heavy atom. The molecule has 0 aliphatic rings. The highest BCUT2D eigenvalue weighted by atomic mass is 35.5. The third kappa shape index (κ3) is 4.31. The van der Waals surface area contributed by atoms with Crippen LogP contribution in [0.3, 0.4) is 0 Å². The highest BCUT2D eigenvalue weighted by Gasteiger charge is 2.22. The van der Waals surface area contributed by atoms with Crippen LogP contribution in [0, 0.1) is 0 Å². The summed E-state index contributed by atoms with van der Waals surface area (Å²) in [5, 5.41) is 12.9. The average molecular weight is 212 g/mol. The highest BCUT2D eigenvalue weighted by molar-refractivity contribution is 6.36. The van der Waals surface area contributed by atoms with Crippen molar-refractivity contribution in [2.24, 2.45) is 0 Å². The van der Waals surface area contributed by atoms with Crippen molar-refractivity contribution in [2.45, 2.75) is 32.4 Å². The SMILES string of the molecule is CC(O)C(C)(C)NCC(Cl)=CCl. The van der Waals surface area contributed by atoms with Crippen LogP contribution in [0.2, 0.25) is 0 Å². The van der Waals surface area contributed by atoms with E-state index in [0.717, 1.165) is 0 Å². The molecular formula is C8H15Cl2NO. The normalized spacial score (nSPS) is 16.3. The van der Waals surface area contributed by atoms with Crippen molar-refractivity contribution in [1.82, 2.24) is 5.32 Å². The summed E-state index contributed by atoms with van der Waals surface area (Å²) >= 11 is 11.0. The molecule has 2 N–H and O–H groups in total. The van der Waals surface area contributed by atoms with Gasteiger partial charge in [0.1, 0.15) is 0 Å². The summed E-state index contributed by atoms with van der Waals surface area (Å²) in [6, 6.07) is 0. The third-order valence-electron chi connectivity index (χ3n) is 1.88. The van der Waals surface area contributed by atoms with Gasteiger partial charge in [-0.05, 0) is 20.8 Å². The minimum Gasteiger partial charge on any atom is -0.392 e. The van der Waals surface area contributed by atoms with Crippen LogP contribution in [0.5, 0.6) is 0 Å². The van der Waals surface area contributed by atoms with E-state index in [1.165, 1.54) is 5.54 Å². The molecule has 0 rings (SSSR count). The number of rotatable bonds is 4. The second-order valence-corrected chi connectivity index (χ2v) is 4.01. The van der Waals surface area contributed by atoms with Crippen molar-refractivity contribution < 1.29 is 5.11 Å². The van der Waals surface area contributed by atoms with Gasteiger partial charge in [0, 0.05) is 22.7 Å². The van der Waals surface area contributed by atoms with Gasteiger partial charge in [-0.2, -0.15) is 0 Å². The molecule has 0 aromatic heterocycles. The lowest BCUT2D eigenvalue weighted by molar-refractivity contribution is 0.0992.